The molecule has 0 aliphatic heterocycles. The van der Waals surface area contributed by atoms with E-state index in [4.69, 9.17) is 16.3 Å². The largest absolute Gasteiger partial charge is 0.493 e. The molecule has 0 amide bonds. The SMILES string of the molecule is COc1cnn(C(C)C)c1C(=O)c1cccc(Br)c1Cl. The molecule has 0 bridgehead atoms. The molecule has 0 unspecified atom stereocenters. The second-order valence-electron chi connectivity index (χ2n) is 4.53. The summed E-state index contributed by atoms with van der Waals surface area (Å²) in [4.78, 5) is 12.7. The Morgan fingerprint density at radius 2 is 2.15 bits per heavy atom. The van der Waals surface area contributed by atoms with Gasteiger partial charge in [0, 0.05) is 16.1 Å². The molecule has 0 atom stereocenters. The lowest BCUT2D eigenvalue weighted by atomic mass is 10.1. The van der Waals surface area contributed by atoms with Gasteiger partial charge < -0.3 is 4.74 Å². The molecule has 2 aromatic rings. The van der Waals surface area contributed by atoms with Crippen molar-refractivity contribution in [2.24, 2.45) is 0 Å². The minimum absolute atomic E-state index is 0.0452. The molecule has 1 aromatic heterocycles. The van der Waals surface area contributed by atoms with Gasteiger partial charge in [-0.25, -0.2) is 0 Å². The Morgan fingerprint density at radius 1 is 1.45 bits per heavy atom. The van der Waals surface area contributed by atoms with E-state index in [1.54, 1.807) is 29.1 Å². The summed E-state index contributed by atoms with van der Waals surface area (Å²) >= 11 is 9.52. The molecule has 0 saturated carbocycles. The zero-order valence-electron chi connectivity index (χ0n) is 11.4. The Morgan fingerprint density at radius 3 is 2.75 bits per heavy atom. The van der Waals surface area contributed by atoms with E-state index in [1.807, 2.05) is 13.8 Å². The predicted octanol–water partition coefficient (Wildman–Crippen LogP) is 4.12. The molecule has 1 aromatic carbocycles. The highest BCUT2D eigenvalue weighted by atomic mass is 79.9. The zero-order chi connectivity index (χ0) is 14.9. The van der Waals surface area contributed by atoms with Gasteiger partial charge in [0.1, 0.15) is 0 Å². The van der Waals surface area contributed by atoms with E-state index in [2.05, 4.69) is 21.0 Å². The molecular weight excluding hydrogens is 344 g/mol. The van der Waals surface area contributed by atoms with Gasteiger partial charge in [0.05, 0.1) is 18.3 Å². The monoisotopic (exact) mass is 356 g/mol. The van der Waals surface area contributed by atoms with Crippen LogP contribution in [-0.2, 0) is 0 Å². The maximum Gasteiger partial charge on any atom is 0.216 e. The number of hydrogen-bond acceptors (Lipinski definition) is 3. The second-order valence-corrected chi connectivity index (χ2v) is 5.76. The van der Waals surface area contributed by atoms with Crippen LogP contribution in [0.5, 0.6) is 5.75 Å². The van der Waals surface area contributed by atoms with Crippen molar-refractivity contribution < 1.29 is 9.53 Å². The number of nitrogens with zero attached hydrogens (tertiary/aromatic N) is 2. The molecular formula is C14H14BrClN2O2. The summed E-state index contributed by atoms with van der Waals surface area (Å²) < 4.78 is 7.55. The second kappa shape index (κ2) is 5.97. The number of carbonyl (C=O) groups is 1. The molecule has 106 valence electrons. The third-order valence-electron chi connectivity index (χ3n) is 2.88. The minimum atomic E-state index is -0.209. The van der Waals surface area contributed by atoms with E-state index in [9.17, 15) is 4.79 Å². The van der Waals surface area contributed by atoms with Crippen molar-refractivity contribution in [2.45, 2.75) is 19.9 Å². The number of benzene rings is 1. The summed E-state index contributed by atoms with van der Waals surface area (Å²) in [6.07, 6.45) is 1.54. The summed E-state index contributed by atoms with van der Waals surface area (Å²) in [6.45, 7) is 3.90. The van der Waals surface area contributed by atoms with Crippen LogP contribution < -0.4 is 4.74 Å². The first-order valence-corrected chi connectivity index (χ1v) is 7.24. The fourth-order valence-electron chi connectivity index (χ4n) is 1.91. The molecule has 1 heterocycles. The number of rotatable bonds is 4. The maximum atomic E-state index is 12.7. The molecule has 2 rings (SSSR count). The third-order valence-corrected chi connectivity index (χ3v) is 4.18. The molecule has 0 saturated heterocycles. The van der Waals surface area contributed by atoms with E-state index < -0.39 is 0 Å². The zero-order valence-corrected chi connectivity index (χ0v) is 13.7. The van der Waals surface area contributed by atoms with Crippen LogP contribution in [0.15, 0.2) is 28.9 Å². The van der Waals surface area contributed by atoms with Crippen molar-refractivity contribution in [3.63, 3.8) is 0 Å². The van der Waals surface area contributed by atoms with Crippen LogP contribution in [0.1, 0.15) is 35.9 Å². The number of ketones is 1. The molecule has 4 nitrogen and oxygen atoms in total. The van der Waals surface area contributed by atoms with E-state index >= 15 is 0 Å². The summed E-state index contributed by atoms with van der Waals surface area (Å²) in [6, 6.07) is 5.29. The summed E-state index contributed by atoms with van der Waals surface area (Å²) in [5.41, 5.74) is 0.823. The van der Waals surface area contributed by atoms with Gasteiger partial charge in [0.25, 0.3) is 0 Å². The van der Waals surface area contributed by atoms with Gasteiger partial charge >= 0.3 is 0 Å². The Kier molecular flexibility index (Phi) is 4.50. The lowest BCUT2D eigenvalue weighted by Crippen LogP contribution is -2.14. The number of aromatic nitrogens is 2. The van der Waals surface area contributed by atoms with Gasteiger partial charge in [-0.1, -0.05) is 17.7 Å². The van der Waals surface area contributed by atoms with E-state index in [1.165, 1.54) is 7.11 Å². The van der Waals surface area contributed by atoms with Crippen LogP contribution in [0.4, 0.5) is 0 Å². The van der Waals surface area contributed by atoms with Crippen LogP contribution in [0.25, 0.3) is 0 Å². The van der Waals surface area contributed by atoms with Gasteiger partial charge in [-0.05, 0) is 41.9 Å². The van der Waals surface area contributed by atoms with Gasteiger partial charge in [-0.3, -0.25) is 9.48 Å². The Bertz CT molecular complexity index is 653. The average Bonchev–Trinajstić information content (AvgIpc) is 2.85. The van der Waals surface area contributed by atoms with Crippen molar-refractivity contribution in [1.29, 1.82) is 0 Å². The van der Waals surface area contributed by atoms with Crippen LogP contribution in [0.3, 0.4) is 0 Å². The normalized spacial score (nSPS) is 10.9. The highest BCUT2D eigenvalue weighted by Crippen LogP contribution is 2.31. The van der Waals surface area contributed by atoms with E-state index in [0.717, 1.165) is 0 Å². The van der Waals surface area contributed by atoms with Crippen molar-refractivity contribution in [1.82, 2.24) is 9.78 Å². The van der Waals surface area contributed by atoms with Crippen molar-refractivity contribution in [3.8, 4) is 5.75 Å². The molecule has 0 aliphatic rings. The van der Waals surface area contributed by atoms with E-state index in [0.29, 0.717) is 26.5 Å². The standard InChI is InChI=1S/C14H14BrClN2O2/c1-8(2)18-13(11(20-3)7-17-18)14(19)9-5-4-6-10(15)12(9)16/h4-8H,1-3H3. The van der Waals surface area contributed by atoms with Crippen molar-refractivity contribution >= 4 is 33.3 Å². The summed E-state index contributed by atoms with van der Waals surface area (Å²) in [5.74, 6) is 0.235. The van der Waals surface area contributed by atoms with E-state index in [-0.39, 0.29) is 11.8 Å². The molecule has 0 fully saturated rings. The molecule has 6 heteroatoms. The van der Waals surface area contributed by atoms with Gasteiger partial charge in [0.15, 0.2) is 11.4 Å². The summed E-state index contributed by atoms with van der Waals surface area (Å²) in [5, 5.41) is 4.59. The Labute approximate surface area is 130 Å². The van der Waals surface area contributed by atoms with Gasteiger partial charge in [-0.15, -0.1) is 0 Å². The van der Waals surface area contributed by atoms with Gasteiger partial charge in [0.2, 0.25) is 5.78 Å². The number of ether oxygens (including phenoxy) is 1. The number of hydrogen-bond donors (Lipinski definition) is 0. The number of carbonyl (C=O) groups excluding carboxylic acids is 1. The summed E-state index contributed by atoms with van der Waals surface area (Å²) in [7, 11) is 1.51. The maximum absolute atomic E-state index is 12.7. The first-order valence-electron chi connectivity index (χ1n) is 6.07. The molecule has 0 radical (unpaired) electrons. The third kappa shape index (κ3) is 2.60. The van der Waals surface area contributed by atoms with Gasteiger partial charge in [-0.2, -0.15) is 5.10 Å². The number of methoxy groups -OCH3 is 1. The fraction of sp³-hybridized carbons (Fsp3) is 0.286. The smallest absolute Gasteiger partial charge is 0.216 e. The van der Waals surface area contributed by atoms with Crippen LogP contribution >= 0.6 is 27.5 Å². The lowest BCUT2D eigenvalue weighted by molar-refractivity contribution is 0.102. The lowest BCUT2D eigenvalue weighted by Gasteiger charge is -2.12. The van der Waals surface area contributed by atoms with Crippen LogP contribution in [0, 0.1) is 0 Å². The molecule has 0 N–H and O–H groups in total. The van der Waals surface area contributed by atoms with Crippen molar-refractivity contribution in [2.75, 3.05) is 7.11 Å². The Balaban J connectivity index is 2.58. The molecule has 0 spiro atoms. The Hall–Kier alpha value is -1.33. The highest BCUT2D eigenvalue weighted by molar-refractivity contribution is 9.10. The predicted molar refractivity (Wildman–Crippen MR) is 81.7 cm³/mol. The molecule has 0 aliphatic carbocycles. The first-order chi connectivity index (χ1) is 9.47. The molecule has 20 heavy (non-hydrogen) atoms. The quantitative estimate of drug-likeness (QED) is 0.773. The fourth-order valence-corrected chi connectivity index (χ4v) is 2.49. The number of halogens is 2. The van der Waals surface area contributed by atoms with Crippen LogP contribution in [-0.4, -0.2) is 22.7 Å². The average molecular weight is 358 g/mol. The topological polar surface area (TPSA) is 44.1 Å². The van der Waals surface area contributed by atoms with Crippen molar-refractivity contribution in [3.05, 3.63) is 45.1 Å². The highest BCUT2D eigenvalue weighted by Gasteiger charge is 2.24. The minimum Gasteiger partial charge on any atom is -0.493 e. The first kappa shape index (κ1) is 15.1. The van der Waals surface area contributed by atoms with Crippen LogP contribution in [0.2, 0.25) is 5.02 Å².